The maximum absolute atomic E-state index is 13.9. The van der Waals surface area contributed by atoms with Crippen molar-refractivity contribution < 1.29 is 18.8 Å². The highest BCUT2D eigenvalue weighted by atomic mass is 35.5. The molecule has 6 nitrogen and oxygen atoms in total. The van der Waals surface area contributed by atoms with Crippen LogP contribution in [0.25, 0.3) is 0 Å². The van der Waals surface area contributed by atoms with Crippen molar-refractivity contribution in [2.24, 2.45) is 5.92 Å². The number of hydrogen-bond acceptors (Lipinski definition) is 3. The van der Waals surface area contributed by atoms with E-state index in [1.54, 1.807) is 23.1 Å². The third-order valence-corrected chi connectivity index (χ3v) is 5.52. The zero-order chi connectivity index (χ0) is 20.5. The molecule has 3 amide bonds. The van der Waals surface area contributed by atoms with Gasteiger partial charge in [-0.25, -0.2) is 4.39 Å². The summed E-state index contributed by atoms with van der Waals surface area (Å²) in [6, 6.07) is 9.68. The van der Waals surface area contributed by atoms with E-state index in [9.17, 15) is 18.8 Å². The molecule has 0 saturated carbocycles. The highest BCUT2D eigenvalue weighted by molar-refractivity contribution is 6.30. The number of amides is 3. The molecule has 0 spiro atoms. The van der Waals surface area contributed by atoms with Gasteiger partial charge in [0.15, 0.2) is 0 Å². The molecule has 2 aromatic rings. The van der Waals surface area contributed by atoms with Crippen LogP contribution < -0.4 is 15.5 Å². The molecule has 2 aromatic carbocycles. The van der Waals surface area contributed by atoms with Gasteiger partial charge in [-0.2, -0.15) is 0 Å². The number of carbonyl (C=O) groups is 3. The quantitative estimate of drug-likeness (QED) is 0.753. The number of halogens is 2. The van der Waals surface area contributed by atoms with Gasteiger partial charge in [-0.3, -0.25) is 14.4 Å². The maximum atomic E-state index is 13.9. The molecule has 2 N–H and O–H groups in total. The van der Waals surface area contributed by atoms with Crippen LogP contribution in [-0.4, -0.2) is 24.3 Å². The number of hydrogen-bond donors (Lipinski definition) is 2. The van der Waals surface area contributed by atoms with Crippen LogP contribution in [0.5, 0.6) is 0 Å². The second-order valence-corrected chi connectivity index (χ2v) is 7.61. The average molecular weight is 416 g/mol. The van der Waals surface area contributed by atoms with Gasteiger partial charge in [0.05, 0.1) is 0 Å². The highest BCUT2D eigenvalue weighted by Gasteiger charge is 2.37. The standard InChI is InChI=1S/C21H19ClFN3O3/c22-14-3-1-13(17(23)10-14)11-24-20(28)16-7-8-26(21(16)29)15-4-5-18-12(9-15)2-6-19(27)25-18/h1,3-5,9-10,16H,2,6-8,11H2,(H,24,28)(H,25,27). The molecule has 4 rings (SSSR count). The summed E-state index contributed by atoms with van der Waals surface area (Å²) in [5.41, 5.74) is 2.75. The van der Waals surface area contributed by atoms with Crippen LogP contribution in [0.15, 0.2) is 36.4 Å². The summed E-state index contributed by atoms with van der Waals surface area (Å²) < 4.78 is 13.9. The number of nitrogens with one attached hydrogen (secondary N) is 2. The lowest BCUT2D eigenvalue weighted by atomic mass is 10.0. The first-order valence-corrected chi connectivity index (χ1v) is 9.76. The summed E-state index contributed by atoms with van der Waals surface area (Å²) in [7, 11) is 0. The number of nitrogens with zero attached hydrogens (tertiary/aromatic N) is 1. The van der Waals surface area contributed by atoms with Crippen molar-refractivity contribution in [3.05, 3.63) is 58.4 Å². The summed E-state index contributed by atoms with van der Waals surface area (Å²) in [5, 5.41) is 5.73. The van der Waals surface area contributed by atoms with Crippen LogP contribution in [0.2, 0.25) is 5.02 Å². The minimum atomic E-state index is -0.805. The fourth-order valence-corrected chi connectivity index (χ4v) is 3.85. The molecule has 1 unspecified atom stereocenters. The van der Waals surface area contributed by atoms with Crippen molar-refractivity contribution in [3.63, 3.8) is 0 Å². The van der Waals surface area contributed by atoms with Gasteiger partial charge in [-0.05, 0) is 48.7 Å². The van der Waals surface area contributed by atoms with Gasteiger partial charge in [-0.1, -0.05) is 17.7 Å². The predicted molar refractivity (Wildman–Crippen MR) is 107 cm³/mol. The van der Waals surface area contributed by atoms with Gasteiger partial charge in [-0.15, -0.1) is 0 Å². The smallest absolute Gasteiger partial charge is 0.239 e. The third-order valence-electron chi connectivity index (χ3n) is 5.29. The molecule has 0 aromatic heterocycles. The number of carbonyl (C=O) groups excluding carboxylic acids is 3. The van der Waals surface area contributed by atoms with Crippen molar-refractivity contribution in [3.8, 4) is 0 Å². The third kappa shape index (κ3) is 3.96. The molecule has 1 saturated heterocycles. The number of aryl methyl sites for hydroxylation is 1. The topological polar surface area (TPSA) is 78.5 Å². The fraction of sp³-hybridized carbons (Fsp3) is 0.286. The lowest BCUT2D eigenvalue weighted by Gasteiger charge is -2.22. The minimum Gasteiger partial charge on any atom is -0.351 e. The molecule has 2 heterocycles. The molecular formula is C21H19ClFN3O3. The van der Waals surface area contributed by atoms with Crippen molar-refractivity contribution in [1.82, 2.24) is 5.32 Å². The zero-order valence-electron chi connectivity index (χ0n) is 15.5. The van der Waals surface area contributed by atoms with Crippen LogP contribution in [0, 0.1) is 11.7 Å². The van der Waals surface area contributed by atoms with Crippen LogP contribution >= 0.6 is 11.6 Å². The molecule has 2 aliphatic heterocycles. The summed E-state index contributed by atoms with van der Waals surface area (Å²) in [6.45, 7) is 0.418. The Morgan fingerprint density at radius 2 is 2.03 bits per heavy atom. The molecule has 1 fully saturated rings. The lowest BCUT2D eigenvalue weighted by Crippen LogP contribution is -2.36. The van der Waals surface area contributed by atoms with Crippen LogP contribution in [0.3, 0.4) is 0 Å². The van der Waals surface area contributed by atoms with E-state index in [1.807, 2.05) is 6.07 Å². The fourth-order valence-electron chi connectivity index (χ4n) is 3.69. The summed E-state index contributed by atoms with van der Waals surface area (Å²) in [6.07, 6.45) is 1.42. The van der Waals surface area contributed by atoms with Crippen LogP contribution in [0.1, 0.15) is 24.0 Å². The van der Waals surface area contributed by atoms with Crippen molar-refractivity contribution in [2.75, 3.05) is 16.8 Å². The van der Waals surface area contributed by atoms with E-state index in [-0.39, 0.29) is 23.4 Å². The largest absolute Gasteiger partial charge is 0.351 e. The zero-order valence-corrected chi connectivity index (χ0v) is 16.3. The first kappa shape index (κ1) is 19.4. The molecule has 0 radical (unpaired) electrons. The molecular weight excluding hydrogens is 397 g/mol. The molecule has 150 valence electrons. The van der Waals surface area contributed by atoms with E-state index in [2.05, 4.69) is 10.6 Å². The SMILES string of the molecule is O=C1CCc2cc(N3CCC(C(=O)NCc4ccc(Cl)cc4F)C3=O)ccc2N1. The minimum absolute atomic E-state index is 0.00976. The Morgan fingerprint density at radius 1 is 1.21 bits per heavy atom. The Balaban J connectivity index is 1.42. The van der Waals surface area contributed by atoms with Gasteiger partial charge >= 0.3 is 0 Å². The number of benzene rings is 2. The van der Waals surface area contributed by atoms with Gasteiger partial charge in [0.25, 0.3) is 0 Å². The average Bonchev–Trinajstić information content (AvgIpc) is 3.08. The maximum Gasteiger partial charge on any atom is 0.239 e. The number of fused-ring (bicyclic) bond motifs is 1. The molecule has 1 atom stereocenters. The van der Waals surface area contributed by atoms with Crippen LogP contribution in [-0.2, 0) is 27.3 Å². The molecule has 0 bridgehead atoms. The van der Waals surface area contributed by atoms with E-state index in [0.717, 1.165) is 11.3 Å². The number of anilines is 2. The normalized spacial score (nSPS) is 18.4. The van der Waals surface area contributed by atoms with Crippen molar-refractivity contribution >= 4 is 40.7 Å². The van der Waals surface area contributed by atoms with E-state index < -0.39 is 17.6 Å². The second-order valence-electron chi connectivity index (χ2n) is 7.17. The molecule has 0 aliphatic carbocycles. The predicted octanol–water partition coefficient (Wildman–Crippen LogP) is 3.03. The summed E-state index contributed by atoms with van der Waals surface area (Å²) in [5.74, 6) is -2.02. The first-order chi connectivity index (χ1) is 13.9. The highest BCUT2D eigenvalue weighted by Crippen LogP contribution is 2.31. The summed E-state index contributed by atoms with van der Waals surface area (Å²) in [4.78, 5) is 38.4. The lowest BCUT2D eigenvalue weighted by molar-refractivity contribution is -0.132. The Bertz CT molecular complexity index is 1010. The Hall–Kier alpha value is -2.93. The Labute approximate surface area is 172 Å². The molecule has 29 heavy (non-hydrogen) atoms. The molecule has 8 heteroatoms. The summed E-state index contributed by atoms with van der Waals surface area (Å²) >= 11 is 5.73. The number of rotatable bonds is 4. The van der Waals surface area contributed by atoms with E-state index in [0.29, 0.717) is 37.1 Å². The van der Waals surface area contributed by atoms with E-state index >= 15 is 0 Å². The van der Waals surface area contributed by atoms with Gasteiger partial charge in [0, 0.05) is 41.5 Å². The van der Waals surface area contributed by atoms with Crippen molar-refractivity contribution in [2.45, 2.75) is 25.8 Å². The van der Waals surface area contributed by atoms with Gasteiger partial charge in [0.1, 0.15) is 11.7 Å². The van der Waals surface area contributed by atoms with Gasteiger partial charge in [0.2, 0.25) is 17.7 Å². The van der Waals surface area contributed by atoms with Crippen LogP contribution in [0.4, 0.5) is 15.8 Å². The second kappa shape index (κ2) is 7.83. The monoisotopic (exact) mass is 415 g/mol. The van der Waals surface area contributed by atoms with E-state index in [4.69, 9.17) is 11.6 Å². The van der Waals surface area contributed by atoms with Gasteiger partial charge < -0.3 is 15.5 Å². The molecule has 2 aliphatic rings. The van der Waals surface area contributed by atoms with E-state index in [1.165, 1.54) is 12.1 Å². The Morgan fingerprint density at radius 3 is 2.83 bits per heavy atom. The Kier molecular flexibility index (Phi) is 5.24. The first-order valence-electron chi connectivity index (χ1n) is 9.38. The van der Waals surface area contributed by atoms with Crippen molar-refractivity contribution in [1.29, 1.82) is 0 Å².